The highest BCUT2D eigenvalue weighted by Crippen LogP contribution is 2.40. The van der Waals surface area contributed by atoms with Gasteiger partial charge in [0.1, 0.15) is 10.6 Å². The summed E-state index contributed by atoms with van der Waals surface area (Å²) in [5, 5.41) is 3.49. The van der Waals surface area contributed by atoms with E-state index in [0.717, 1.165) is 21.6 Å². The Labute approximate surface area is 175 Å². The van der Waals surface area contributed by atoms with Crippen molar-refractivity contribution in [3.8, 4) is 11.1 Å². The summed E-state index contributed by atoms with van der Waals surface area (Å²) in [6.45, 7) is 6.05. The number of nitrogens with one attached hydrogen (secondary N) is 1. The van der Waals surface area contributed by atoms with Crippen LogP contribution < -0.4 is 5.32 Å². The lowest BCUT2D eigenvalue weighted by molar-refractivity contribution is -0.116. The smallest absolute Gasteiger partial charge is 0.341 e. The van der Waals surface area contributed by atoms with Crippen LogP contribution in [0.3, 0.4) is 0 Å². The van der Waals surface area contributed by atoms with E-state index >= 15 is 0 Å². The van der Waals surface area contributed by atoms with E-state index in [0.29, 0.717) is 23.4 Å². The maximum absolute atomic E-state index is 12.7. The van der Waals surface area contributed by atoms with Crippen LogP contribution in [-0.4, -0.2) is 18.5 Å². The predicted molar refractivity (Wildman–Crippen MR) is 119 cm³/mol. The minimum atomic E-state index is -0.412. The molecule has 0 saturated carbocycles. The van der Waals surface area contributed by atoms with Gasteiger partial charge in [0, 0.05) is 16.9 Å². The zero-order chi connectivity index (χ0) is 20.8. The van der Waals surface area contributed by atoms with Crippen molar-refractivity contribution in [1.29, 1.82) is 0 Å². The molecule has 1 heterocycles. The summed E-state index contributed by atoms with van der Waals surface area (Å²) < 4.78 is 5.28. The van der Waals surface area contributed by atoms with Gasteiger partial charge in [-0.2, -0.15) is 0 Å². The number of hydrogen-bond donors (Lipinski definition) is 1. The SMILES string of the molecule is CCOC(=O)c1c(NC(=O)CCc2ccc(C)cc2)sc(C)c1-c1ccccc1. The van der Waals surface area contributed by atoms with Crippen molar-refractivity contribution >= 4 is 28.2 Å². The molecule has 3 rings (SSSR count). The number of thiophene rings is 1. The number of ether oxygens (including phenoxy) is 1. The number of benzene rings is 2. The molecular weight excluding hydrogens is 382 g/mol. The van der Waals surface area contributed by atoms with Crippen LogP contribution in [0.5, 0.6) is 0 Å². The first-order chi connectivity index (χ1) is 14.0. The molecule has 0 aliphatic rings. The van der Waals surface area contributed by atoms with Crippen molar-refractivity contribution < 1.29 is 14.3 Å². The van der Waals surface area contributed by atoms with Gasteiger partial charge in [-0.15, -0.1) is 11.3 Å². The monoisotopic (exact) mass is 407 g/mol. The van der Waals surface area contributed by atoms with Crippen molar-refractivity contribution in [1.82, 2.24) is 0 Å². The molecule has 0 fully saturated rings. The number of carbonyl (C=O) groups is 2. The average molecular weight is 408 g/mol. The molecule has 0 atom stereocenters. The number of esters is 1. The summed E-state index contributed by atoms with van der Waals surface area (Å²) >= 11 is 1.41. The van der Waals surface area contributed by atoms with E-state index in [1.54, 1.807) is 6.92 Å². The first-order valence-corrected chi connectivity index (χ1v) is 10.5. The van der Waals surface area contributed by atoms with Crippen LogP contribution in [0.15, 0.2) is 54.6 Å². The third-order valence-electron chi connectivity index (χ3n) is 4.64. The average Bonchev–Trinajstić information content (AvgIpc) is 3.04. The van der Waals surface area contributed by atoms with Gasteiger partial charge in [-0.05, 0) is 38.3 Å². The highest BCUT2D eigenvalue weighted by molar-refractivity contribution is 7.17. The Balaban J connectivity index is 1.83. The second-order valence-electron chi connectivity index (χ2n) is 6.86. The lowest BCUT2D eigenvalue weighted by Crippen LogP contribution is -2.15. The second kappa shape index (κ2) is 9.52. The largest absolute Gasteiger partial charge is 0.462 e. The van der Waals surface area contributed by atoms with E-state index in [9.17, 15) is 9.59 Å². The minimum absolute atomic E-state index is 0.114. The van der Waals surface area contributed by atoms with Gasteiger partial charge in [0.25, 0.3) is 0 Å². The molecule has 1 aromatic heterocycles. The fourth-order valence-corrected chi connectivity index (χ4v) is 4.27. The summed E-state index contributed by atoms with van der Waals surface area (Å²) in [6.07, 6.45) is 1.000. The van der Waals surface area contributed by atoms with Crippen molar-refractivity contribution in [3.05, 3.63) is 76.2 Å². The Kier molecular flexibility index (Phi) is 6.83. The number of amides is 1. The van der Waals surface area contributed by atoms with E-state index < -0.39 is 5.97 Å². The molecule has 4 nitrogen and oxygen atoms in total. The van der Waals surface area contributed by atoms with Crippen molar-refractivity contribution in [3.63, 3.8) is 0 Å². The number of aryl methyl sites for hydroxylation is 3. The van der Waals surface area contributed by atoms with Gasteiger partial charge in [0.15, 0.2) is 0 Å². The van der Waals surface area contributed by atoms with Crippen LogP contribution in [0.2, 0.25) is 0 Å². The first-order valence-electron chi connectivity index (χ1n) is 9.71. The van der Waals surface area contributed by atoms with Gasteiger partial charge >= 0.3 is 5.97 Å². The molecule has 29 heavy (non-hydrogen) atoms. The summed E-state index contributed by atoms with van der Waals surface area (Å²) in [7, 11) is 0. The summed E-state index contributed by atoms with van der Waals surface area (Å²) in [5.41, 5.74) is 4.50. The molecule has 0 spiro atoms. The molecule has 0 radical (unpaired) electrons. The van der Waals surface area contributed by atoms with Crippen LogP contribution in [0, 0.1) is 13.8 Å². The number of anilines is 1. The van der Waals surface area contributed by atoms with Gasteiger partial charge in [0.2, 0.25) is 5.91 Å². The Morgan fingerprint density at radius 2 is 1.69 bits per heavy atom. The minimum Gasteiger partial charge on any atom is -0.462 e. The van der Waals surface area contributed by atoms with Crippen LogP contribution in [0.25, 0.3) is 11.1 Å². The van der Waals surface area contributed by atoms with Gasteiger partial charge in [-0.1, -0.05) is 60.2 Å². The molecule has 5 heteroatoms. The predicted octanol–water partition coefficient (Wildman–Crippen LogP) is 5.78. The molecular formula is C24H25NO3S. The van der Waals surface area contributed by atoms with Crippen molar-refractivity contribution in [2.45, 2.75) is 33.6 Å². The van der Waals surface area contributed by atoms with E-state index in [2.05, 4.69) is 5.32 Å². The number of hydrogen-bond acceptors (Lipinski definition) is 4. The normalized spacial score (nSPS) is 10.6. The summed E-state index contributed by atoms with van der Waals surface area (Å²) in [5.74, 6) is -0.526. The molecule has 0 aliphatic heterocycles. The van der Waals surface area contributed by atoms with Crippen molar-refractivity contribution in [2.24, 2.45) is 0 Å². The standard InChI is InChI=1S/C24H25NO3S/c1-4-28-24(27)22-21(19-8-6-5-7-9-19)17(3)29-23(22)25-20(26)15-14-18-12-10-16(2)11-13-18/h5-13H,4,14-15H2,1-3H3,(H,25,26). The number of carbonyl (C=O) groups excluding carboxylic acids is 2. The lowest BCUT2D eigenvalue weighted by Gasteiger charge is -2.09. The fourth-order valence-electron chi connectivity index (χ4n) is 3.18. The molecule has 0 bridgehead atoms. The Morgan fingerprint density at radius 3 is 2.34 bits per heavy atom. The van der Waals surface area contributed by atoms with Gasteiger partial charge < -0.3 is 10.1 Å². The van der Waals surface area contributed by atoms with Crippen molar-refractivity contribution in [2.75, 3.05) is 11.9 Å². The van der Waals surface area contributed by atoms with Gasteiger partial charge in [-0.3, -0.25) is 4.79 Å². The molecule has 0 unspecified atom stereocenters. The highest BCUT2D eigenvalue weighted by Gasteiger charge is 2.25. The first kappa shape index (κ1) is 20.8. The lowest BCUT2D eigenvalue weighted by atomic mass is 10.0. The van der Waals surface area contributed by atoms with Crippen LogP contribution in [0.4, 0.5) is 5.00 Å². The zero-order valence-electron chi connectivity index (χ0n) is 17.0. The van der Waals surface area contributed by atoms with Crippen LogP contribution >= 0.6 is 11.3 Å². The molecule has 0 aliphatic carbocycles. The summed E-state index contributed by atoms with van der Waals surface area (Å²) in [6, 6.07) is 17.9. The number of rotatable bonds is 7. The van der Waals surface area contributed by atoms with Gasteiger partial charge in [0.05, 0.1) is 6.61 Å². The Hall–Kier alpha value is -2.92. The molecule has 1 amide bonds. The van der Waals surface area contributed by atoms with Crippen LogP contribution in [-0.2, 0) is 16.0 Å². The highest BCUT2D eigenvalue weighted by atomic mass is 32.1. The maximum atomic E-state index is 12.7. The fraction of sp³-hybridized carbons (Fsp3) is 0.250. The topological polar surface area (TPSA) is 55.4 Å². The van der Waals surface area contributed by atoms with E-state index in [1.165, 1.54) is 16.9 Å². The maximum Gasteiger partial charge on any atom is 0.341 e. The molecule has 150 valence electrons. The molecule has 0 saturated heterocycles. The third kappa shape index (κ3) is 5.12. The Bertz CT molecular complexity index is 991. The quantitative estimate of drug-likeness (QED) is 0.505. The van der Waals surface area contributed by atoms with E-state index in [4.69, 9.17) is 4.74 Å². The van der Waals surface area contributed by atoms with Crippen LogP contribution in [0.1, 0.15) is 39.7 Å². The second-order valence-corrected chi connectivity index (χ2v) is 8.08. The van der Waals surface area contributed by atoms with E-state index in [-0.39, 0.29) is 12.5 Å². The van der Waals surface area contributed by atoms with Gasteiger partial charge in [-0.25, -0.2) is 4.79 Å². The third-order valence-corrected chi connectivity index (χ3v) is 5.66. The molecule has 2 aromatic carbocycles. The molecule has 3 aromatic rings. The van der Waals surface area contributed by atoms with E-state index in [1.807, 2.05) is 68.4 Å². The Morgan fingerprint density at radius 1 is 1.00 bits per heavy atom. The zero-order valence-corrected chi connectivity index (χ0v) is 17.8. The molecule has 1 N–H and O–H groups in total. The summed E-state index contributed by atoms with van der Waals surface area (Å²) in [4.78, 5) is 26.3.